The van der Waals surface area contributed by atoms with Gasteiger partial charge in [-0.2, -0.15) is 97.1 Å². The summed E-state index contributed by atoms with van der Waals surface area (Å²) in [5.74, 6) is 0. The van der Waals surface area contributed by atoms with Crippen molar-refractivity contribution in [2.45, 2.75) is 100 Å². The van der Waals surface area contributed by atoms with Gasteiger partial charge in [0.2, 0.25) is 12.7 Å². The maximum absolute atomic E-state index is 5.44. The quantitative estimate of drug-likeness (QED) is 0.0853. The van der Waals surface area contributed by atoms with Crippen molar-refractivity contribution in [1.82, 2.24) is 19.1 Å². The Bertz CT molecular complexity index is 8540. The van der Waals surface area contributed by atoms with Crippen LogP contribution in [0.15, 0.2) is 419 Å². The van der Waals surface area contributed by atoms with Crippen molar-refractivity contribution in [3.05, 3.63) is 618 Å². The zero-order chi connectivity index (χ0) is 96.1. The number of nitrogens with zero attached hydrogens (tertiary/aromatic N) is 6. The molecule has 0 amide bonds. The summed E-state index contributed by atoms with van der Waals surface area (Å²) >= 11 is 0. The maximum atomic E-state index is 5.44. The Balaban J connectivity index is 0.000000153. The Morgan fingerprint density at radius 2 is 0.465 bits per heavy atom. The number of hydrogen-bond acceptors (Lipinski definition) is 2. The first kappa shape index (κ1) is 91.3. The van der Waals surface area contributed by atoms with Gasteiger partial charge in [0, 0.05) is 87.6 Å². The third-order valence-electron chi connectivity index (χ3n) is 32.9. The molecule has 0 atom stereocenters. The molecule has 0 saturated carbocycles. The summed E-state index contributed by atoms with van der Waals surface area (Å²) in [5.41, 5.74) is 45.5. The molecule has 21 aromatic rings. The molecule has 0 spiro atoms. The van der Waals surface area contributed by atoms with E-state index in [1.54, 1.807) is 0 Å². The van der Waals surface area contributed by atoms with Crippen LogP contribution in [0.5, 0.6) is 0 Å². The Labute approximate surface area is 873 Å². The second kappa shape index (κ2) is 34.3. The van der Waals surface area contributed by atoms with Crippen molar-refractivity contribution in [2.24, 2.45) is 14.1 Å². The molecule has 0 unspecified atom stereocenters. The van der Waals surface area contributed by atoms with Gasteiger partial charge in [-0.3, -0.25) is 9.97 Å². The van der Waals surface area contributed by atoms with Gasteiger partial charge in [0.1, 0.15) is 11.1 Å². The summed E-state index contributed by atoms with van der Waals surface area (Å²) in [6, 6.07) is 168. The van der Waals surface area contributed by atoms with Crippen molar-refractivity contribution in [2.75, 3.05) is 0 Å². The van der Waals surface area contributed by atoms with Crippen LogP contribution in [0.25, 0.3) is 77.9 Å². The summed E-state index contributed by atoms with van der Waals surface area (Å²) in [7, 11) is 4.21. The first-order chi connectivity index (χ1) is 69.4. The molecule has 700 valence electrons. The van der Waals surface area contributed by atoms with Crippen LogP contribution in [-0.4, -0.2) is 19.1 Å². The van der Waals surface area contributed by atoms with Crippen LogP contribution in [0.1, 0.15) is 183 Å². The molecule has 0 bridgehead atoms. The molecule has 6 aliphatic carbocycles. The summed E-state index contributed by atoms with van der Waals surface area (Å²) in [4.78, 5) is 10.8. The van der Waals surface area contributed by atoms with Crippen LogP contribution in [-0.2, 0) is 94.4 Å². The molecule has 4 heterocycles. The second-order valence-corrected chi connectivity index (χ2v) is 40.6. The van der Waals surface area contributed by atoms with E-state index in [1.165, 1.54) is 161 Å². The number of benzene rings is 17. The number of rotatable bonds is 13. The van der Waals surface area contributed by atoms with Gasteiger partial charge in [-0.05, 0) is 205 Å². The minimum atomic E-state index is -0.833. The van der Waals surface area contributed by atoms with E-state index < -0.39 is 32.7 Å². The van der Waals surface area contributed by atoms with Crippen molar-refractivity contribution in [3.63, 3.8) is 0 Å². The number of hydrogen-bond donors (Lipinski definition) is 0. The Hall–Kier alpha value is -15.2. The van der Waals surface area contributed by atoms with Crippen molar-refractivity contribution in [1.29, 1.82) is 0 Å². The van der Waals surface area contributed by atoms with E-state index in [0.717, 1.165) is 78.5 Å². The Morgan fingerprint density at radius 1 is 0.243 bits per heavy atom. The molecular weight excluding hydrogens is 2110 g/mol. The number of aromatic nitrogens is 6. The fourth-order valence-electron chi connectivity index (χ4n) is 26.4. The molecule has 0 radical (unpaired) electrons. The van der Waals surface area contributed by atoms with Gasteiger partial charge in [0.25, 0.3) is 0 Å². The van der Waals surface area contributed by atoms with E-state index >= 15 is 0 Å². The Kier molecular flexibility index (Phi) is 21.8. The Morgan fingerprint density at radius 3 is 0.736 bits per heavy atom. The van der Waals surface area contributed by atoms with E-state index in [1.807, 2.05) is 12.4 Å². The normalized spacial score (nSPS) is 14.7. The van der Waals surface area contributed by atoms with Crippen molar-refractivity contribution in [3.8, 4) is 77.9 Å². The smallest absolute Gasteiger partial charge is 0.205 e. The minimum absolute atomic E-state index is 0. The van der Waals surface area contributed by atoms with Crippen molar-refractivity contribution >= 4 is 0 Å². The van der Waals surface area contributed by atoms with Crippen LogP contribution in [0.2, 0.25) is 0 Å². The second-order valence-electron chi connectivity index (χ2n) is 40.6. The van der Waals surface area contributed by atoms with Gasteiger partial charge in [0.15, 0.2) is 0 Å². The zero-order valence-electron chi connectivity index (χ0n) is 82.2. The summed E-state index contributed by atoms with van der Waals surface area (Å²) in [6.45, 7) is 20.1. The largest absolute Gasteiger partial charge is 0.351 e. The maximum Gasteiger partial charge on any atom is 0.205 e. The van der Waals surface area contributed by atoms with Gasteiger partial charge in [-0.1, -0.05) is 358 Å². The first-order valence-electron chi connectivity index (χ1n) is 49.6. The van der Waals surface area contributed by atoms with Gasteiger partial charge in [0.05, 0.1) is 36.3 Å². The van der Waals surface area contributed by atoms with E-state index in [-0.39, 0.29) is 47.5 Å². The molecule has 0 aliphatic heterocycles. The predicted octanol–water partition coefficient (Wildman–Crippen LogP) is 28.1. The molecule has 0 fully saturated rings. The number of pyridine rings is 2. The van der Waals surface area contributed by atoms with Crippen LogP contribution < -0.4 is 9.13 Å². The van der Waals surface area contributed by atoms with Gasteiger partial charge < -0.3 is 18.3 Å². The molecule has 4 aromatic heterocycles. The molecular formula is C136H102N6Pt2-4. The molecule has 17 aromatic carbocycles. The third-order valence-corrected chi connectivity index (χ3v) is 32.9. The molecule has 144 heavy (non-hydrogen) atoms. The van der Waals surface area contributed by atoms with E-state index in [2.05, 4.69) is 538 Å². The third kappa shape index (κ3) is 12.5. The number of fused-ring (bicyclic) bond motifs is 18. The molecule has 6 nitrogen and oxygen atoms in total. The van der Waals surface area contributed by atoms with E-state index in [9.17, 15) is 0 Å². The molecule has 27 rings (SSSR count). The molecule has 0 N–H and O–H groups in total. The average molecular weight is 2210 g/mol. The van der Waals surface area contributed by atoms with Crippen LogP contribution in [0.3, 0.4) is 0 Å². The van der Waals surface area contributed by atoms with Crippen LogP contribution >= 0.6 is 0 Å². The topological polar surface area (TPSA) is 43.4 Å². The van der Waals surface area contributed by atoms with Gasteiger partial charge in [-0.15, -0.1) is 44.5 Å². The SMILES string of the molecule is Cc1c(C)[n+](C)[c-]n1C1(c2[c-]c(C3(c4[c-]c(C5(c6cc(C(C)(C)C)ccn6)c6ccccc6-c6ccccc65)ccc4)c4ccccc4-c4ccccc43)ccc2)c2ccccc2-c2ccccc21.Cc1cccc(C)c1-c1ccnc(C2(c3[c-]c(C4(c5[c-]c(C6(n7[c-][n+](C)c(C)c7C)c7ccccc7-c7ccccc76)ccc5)c5ccccc5-c5ccccc54)ccc3)c3ccccc3-c3ccccc32)c1.[Pt].[Pt]. The standard InChI is InChI=1S/C70H51N3.C66H51N3.2Pt/c1-45-21-18-22-46(2)67(45)49-39-40-71-66(41-49)69(62-35-14-8-29-56(62)57-30-9-15-36-63(57)69)52-25-19-23-50(42-52)68(60-33-12-6-27-54(60)55-28-7-13-34-61(55)68)51-24-20-26-53(43-51)70(73-44-72(5)47(3)48(73)4)64-37-16-10-31-58(64)59-32-11-17-38-65(59)70;1-43-44(2)69(42-68(43)6)66(60-35-17-11-29-54(60)55-30-12-18-36-61(55)66)49-24-20-22-47(40-49)64(56-31-13-7-25-50(56)51-26-8-14-32-57(51)64)46-21-19-23-48(39-46)65(62-41-45(37-38-67-62)63(3,4)5)58-33-15-9-27-52(58)53-28-10-16-34-59(53)65;;/h6-41H,1-5H3;7-38,41H,1-6H3;;/q2*-2;;. The predicted molar refractivity (Wildman–Crippen MR) is 569 cm³/mol. The van der Waals surface area contributed by atoms with E-state index in [0.29, 0.717) is 0 Å². The molecule has 0 saturated heterocycles. The monoisotopic (exact) mass is 2210 g/mol. The zero-order valence-corrected chi connectivity index (χ0v) is 86.7. The minimum Gasteiger partial charge on any atom is -0.351 e. The van der Waals surface area contributed by atoms with Gasteiger partial charge >= 0.3 is 0 Å². The number of aryl methyl sites for hydroxylation is 4. The number of imidazole rings is 2. The fourth-order valence-corrected chi connectivity index (χ4v) is 26.4. The van der Waals surface area contributed by atoms with Crippen LogP contribution in [0.4, 0.5) is 0 Å². The molecule has 6 aliphatic rings. The summed E-state index contributed by atoms with van der Waals surface area (Å²) in [6.07, 6.45) is 11.7. The summed E-state index contributed by atoms with van der Waals surface area (Å²) < 4.78 is 9.04. The van der Waals surface area contributed by atoms with Crippen molar-refractivity contribution < 1.29 is 51.3 Å². The van der Waals surface area contributed by atoms with E-state index in [4.69, 9.17) is 9.97 Å². The summed E-state index contributed by atoms with van der Waals surface area (Å²) in [5, 5.41) is 0. The van der Waals surface area contributed by atoms with Crippen LogP contribution in [0, 0.1) is 78.5 Å². The molecule has 8 heteroatoms. The van der Waals surface area contributed by atoms with Gasteiger partial charge in [-0.25, -0.2) is 0 Å². The first-order valence-corrected chi connectivity index (χ1v) is 49.6. The fraction of sp³-hybridized carbons (Fsp3) is 0.132. The average Bonchev–Trinajstić information content (AvgIpc) is 1.52.